The van der Waals surface area contributed by atoms with Gasteiger partial charge in [0.05, 0.1) is 0 Å². The molecule has 20 heavy (non-hydrogen) atoms. The van der Waals surface area contributed by atoms with Crippen LogP contribution in [0.5, 0.6) is 0 Å². The fourth-order valence-corrected chi connectivity index (χ4v) is 3.74. The second-order valence-electron chi connectivity index (χ2n) is 8.59. The molecule has 0 spiro atoms. The molecule has 0 radical (unpaired) electrons. The van der Waals surface area contributed by atoms with Gasteiger partial charge in [-0.2, -0.15) is 0 Å². The second kappa shape index (κ2) is 9.11. The van der Waals surface area contributed by atoms with Crippen LogP contribution in [0.2, 0.25) is 0 Å². The van der Waals surface area contributed by atoms with Gasteiger partial charge < -0.3 is 0 Å². The Hall–Kier alpha value is 0. The number of rotatable bonds is 0. The van der Waals surface area contributed by atoms with Gasteiger partial charge in [-0.05, 0) is 54.8 Å². The highest BCUT2D eigenvalue weighted by Gasteiger charge is 2.26. The first-order chi connectivity index (χ1) is 9.38. The molecule has 0 N–H and O–H groups in total. The SMILES string of the molecule is CC1CC1C.CC1CCC(C)C1.CC1CCCC(C)C1. The smallest absolute Gasteiger partial charge is 0.0414 e. The van der Waals surface area contributed by atoms with E-state index in [1.54, 1.807) is 0 Å². The average molecular weight is 281 g/mol. The molecule has 3 aliphatic carbocycles. The molecule has 0 aliphatic heterocycles. The topological polar surface area (TPSA) is 0 Å². The van der Waals surface area contributed by atoms with Crippen LogP contribution in [-0.2, 0) is 0 Å². The van der Waals surface area contributed by atoms with Gasteiger partial charge in [-0.15, -0.1) is 0 Å². The van der Waals surface area contributed by atoms with Crippen molar-refractivity contribution < 1.29 is 0 Å². The molecule has 0 aromatic carbocycles. The van der Waals surface area contributed by atoms with Crippen LogP contribution in [0.4, 0.5) is 0 Å². The fraction of sp³-hybridized carbons (Fsp3) is 1.00. The summed E-state index contributed by atoms with van der Waals surface area (Å²) in [6.45, 7) is 14.0. The summed E-state index contributed by atoms with van der Waals surface area (Å²) in [7, 11) is 0. The largest absolute Gasteiger partial charge is 0.0625 e. The Morgan fingerprint density at radius 1 is 0.450 bits per heavy atom. The van der Waals surface area contributed by atoms with Gasteiger partial charge in [0.2, 0.25) is 0 Å². The normalized spacial score (nSPS) is 42.9. The first kappa shape index (κ1) is 18.1. The van der Waals surface area contributed by atoms with Crippen molar-refractivity contribution in [2.24, 2.45) is 35.5 Å². The highest BCUT2D eigenvalue weighted by Crippen LogP contribution is 2.36. The van der Waals surface area contributed by atoms with E-state index in [-0.39, 0.29) is 0 Å². The Labute approximate surface area is 129 Å². The lowest BCUT2D eigenvalue weighted by Crippen LogP contribution is -2.09. The van der Waals surface area contributed by atoms with Crippen LogP contribution < -0.4 is 0 Å². The molecule has 0 aromatic heterocycles. The van der Waals surface area contributed by atoms with E-state index in [0.717, 1.165) is 35.5 Å². The van der Waals surface area contributed by atoms with Crippen molar-refractivity contribution in [3.05, 3.63) is 0 Å². The number of hydrogen-bond donors (Lipinski definition) is 0. The maximum absolute atomic E-state index is 2.37. The first-order valence-electron chi connectivity index (χ1n) is 9.38. The molecule has 6 atom stereocenters. The zero-order valence-corrected chi connectivity index (χ0v) is 15.1. The average Bonchev–Trinajstić information content (AvgIpc) is 2.84. The van der Waals surface area contributed by atoms with E-state index >= 15 is 0 Å². The summed E-state index contributed by atoms with van der Waals surface area (Å²) in [5.74, 6) is 6.17. The van der Waals surface area contributed by atoms with Gasteiger partial charge in [-0.1, -0.05) is 73.6 Å². The molecule has 0 aromatic rings. The maximum Gasteiger partial charge on any atom is -0.0414 e. The lowest BCUT2D eigenvalue weighted by atomic mass is 9.84. The second-order valence-corrected chi connectivity index (χ2v) is 8.59. The van der Waals surface area contributed by atoms with E-state index in [9.17, 15) is 0 Å². The van der Waals surface area contributed by atoms with Crippen LogP contribution >= 0.6 is 0 Å². The van der Waals surface area contributed by atoms with Gasteiger partial charge in [0.25, 0.3) is 0 Å². The molecular formula is C20H40. The summed E-state index contributed by atoms with van der Waals surface area (Å²) in [6, 6.07) is 0. The third kappa shape index (κ3) is 8.32. The van der Waals surface area contributed by atoms with Crippen molar-refractivity contribution in [2.45, 2.75) is 92.9 Å². The minimum absolute atomic E-state index is 1.01. The quantitative estimate of drug-likeness (QED) is 0.451. The predicted octanol–water partition coefficient (Wildman–Crippen LogP) is 6.94. The molecule has 3 fully saturated rings. The van der Waals surface area contributed by atoms with Crippen LogP contribution in [0.1, 0.15) is 92.9 Å². The Kier molecular flexibility index (Phi) is 8.22. The van der Waals surface area contributed by atoms with E-state index in [2.05, 4.69) is 41.5 Å². The van der Waals surface area contributed by atoms with Gasteiger partial charge in [-0.3, -0.25) is 0 Å². The molecule has 0 nitrogen and oxygen atoms in total. The predicted molar refractivity (Wildman–Crippen MR) is 91.9 cm³/mol. The van der Waals surface area contributed by atoms with Crippen molar-refractivity contribution in [3.8, 4) is 0 Å². The third-order valence-corrected chi connectivity index (χ3v) is 5.67. The zero-order valence-electron chi connectivity index (χ0n) is 15.1. The van der Waals surface area contributed by atoms with Gasteiger partial charge in [-0.25, -0.2) is 0 Å². The van der Waals surface area contributed by atoms with Gasteiger partial charge in [0, 0.05) is 0 Å². The minimum Gasteiger partial charge on any atom is -0.0625 e. The Morgan fingerprint density at radius 3 is 0.900 bits per heavy atom. The van der Waals surface area contributed by atoms with Crippen LogP contribution in [0.3, 0.4) is 0 Å². The fourth-order valence-electron chi connectivity index (χ4n) is 3.74. The molecule has 0 bridgehead atoms. The van der Waals surface area contributed by atoms with Crippen LogP contribution in [-0.4, -0.2) is 0 Å². The number of hydrogen-bond acceptors (Lipinski definition) is 0. The Morgan fingerprint density at radius 2 is 0.750 bits per heavy atom. The van der Waals surface area contributed by atoms with Crippen molar-refractivity contribution in [1.82, 2.24) is 0 Å². The highest BCUT2D eigenvalue weighted by atomic mass is 14.3. The van der Waals surface area contributed by atoms with Crippen LogP contribution in [0, 0.1) is 35.5 Å². The van der Waals surface area contributed by atoms with Crippen molar-refractivity contribution >= 4 is 0 Å². The van der Waals surface area contributed by atoms with Gasteiger partial charge in [0.1, 0.15) is 0 Å². The highest BCUT2D eigenvalue weighted by molar-refractivity contribution is 4.76. The van der Waals surface area contributed by atoms with Gasteiger partial charge in [0.15, 0.2) is 0 Å². The summed E-state index contributed by atoms with van der Waals surface area (Å²) in [6.07, 6.45) is 11.8. The van der Waals surface area contributed by atoms with Crippen molar-refractivity contribution in [2.75, 3.05) is 0 Å². The summed E-state index contributed by atoms with van der Waals surface area (Å²) < 4.78 is 0. The van der Waals surface area contributed by atoms with E-state index in [4.69, 9.17) is 0 Å². The van der Waals surface area contributed by atoms with Crippen LogP contribution in [0.25, 0.3) is 0 Å². The lowest BCUT2D eigenvalue weighted by molar-refractivity contribution is 0.301. The Balaban J connectivity index is 0.000000154. The standard InChI is InChI=1S/C8H16.C7H14.C5H10/c1-7-4-3-5-8(2)6-7;1-6-3-4-7(2)5-6;1-4-3-5(4)2/h7-8H,3-6H2,1-2H3;6-7H,3-5H2,1-2H3;4-5H,3H2,1-2H3. The third-order valence-electron chi connectivity index (χ3n) is 5.67. The van der Waals surface area contributed by atoms with E-state index in [1.165, 1.54) is 51.4 Å². The summed E-state index contributed by atoms with van der Waals surface area (Å²) >= 11 is 0. The summed E-state index contributed by atoms with van der Waals surface area (Å²) in [5.41, 5.74) is 0. The van der Waals surface area contributed by atoms with E-state index < -0.39 is 0 Å². The van der Waals surface area contributed by atoms with Crippen molar-refractivity contribution in [1.29, 1.82) is 0 Å². The minimum atomic E-state index is 1.01. The van der Waals surface area contributed by atoms with Crippen molar-refractivity contribution in [3.63, 3.8) is 0 Å². The summed E-state index contributed by atoms with van der Waals surface area (Å²) in [4.78, 5) is 0. The zero-order chi connectivity index (χ0) is 15.1. The molecule has 3 saturated carbocycles. The molecule has 6 unspecified atom stereocenters. The molecule has 120 valence electrons. The molecule has 0 heterocycles. The first-order valence-corrected chi connectivity index (χ1v) is 9.38. The maximum atomic E-state index is 2.37. The molecule has 0 heteroatoms. The Bertz CT molecular complexity index is 222. The molecule has 3 rings (SSSR count). The molecule has 0 saturated heterocycles. The van der Waals surface area contributed by atoms with Crippen LogP contribution in [0.15, 0.2) is 0 Å². The van der Waals surface area contributed by atoms with E-state index in [0.29, 0.717) is 0 Å². The summed E-state index contributed by atoms with van der Waals surface area (Å²) in [5, 5.41) is 0. The monoisotopic (exact) mass is 280 g/mol. The molecule has 3 aliphatic rings. The van der Waals surface area contributed by atoms with Gasteiger partial charge >= 0.3 is 0 Å². The van der Waals surface area contributed by atoms with E-state index in [1.807, 2.05) is 0 Å². The molecular weight excluding hydrogens is 240 g/mol. The lowest BCUT2D eigenvalue weighted by Gasteiger charge is -2.22. The molecule has 0 amide bonds.